The lowest BCUT2D eigenvalue weighted by molar-refractivity contribution is 0.582. The molecule has 0 atom stereocenters. The van der Waals surface area contributed by atoms with Crippen LogP contribution in [0.25, 0.3) is 0 Å². The van der Waals surface area contributed by atoms with Crippen molar-refractivity contribution >= 4 is 21.4 Å². The summed E-state index contributed by atoms with van der Waals surface area (Å²) in [6.45, 7) is 4.32. The molecule has 21 heavy (non-hydrogen) atoms. The predicted octanol–water partition coefficient (Wildman–Crippen LogP) is 2.91. The van der Waals surface area contributed by atoms with Gasteiger partial charge in [-0.05, 0) is 43.2 Å². The minimum Gasteiger partial charge on any atom is -0.207 e. The molecule has 0 aliphatic heterocycles. The summed E-state index contributed by atoms with van der Waals surface area (Å²) in [5.41, 5.74) is 1.98. The highest BCUT2D eigenvalue weighted by Crippen LogP contribution is 2.21. The van der Waals surface area contributed by atoms with Crippen LogP contribution in [0.3, 0.4) is 0 Å². The summed E-state index contributed by atoms with van der Waals surface area (Å²) in [4.78, 5) is 2.41. The topological polar surface area (TPSA) is 70.0 Å². The fraction of sp³-hybridized carbons (Fsp3) is 0.267. The van der Waals surface area contributed by atoms with Gasteiger partial charge in [0.1, 0.15) is 0 Å². The molecular weight excluding hydrogens is 304 g/mol. The molecule has 1 heterocycles. The van der Waals surface area contributed by atoms with Gasteiger partial charge >= 0.3 is 0 Å². The van der Waals surface area contributed by atoms with Crippen molar-refractivity contribution in [1.82, 2.24) is 4.72 Å². The van der Waals surface area contributed by atoms with Crippen LogP contribution < -0.4 is 4.72 Å². The van der Waals surface area contributed by atoms with Gasteiger partial charge in [-0.2, -0.15) is 5.26 Å². The lowest BCUT2D eigenvalue weighted by Crippen LogP contribution is -2.22. The number of thiophene rings is 1. The van der Waals surface area contributed by atoms with Gasteiger partial charge in [-0.25, -0.2) is 13.1 Å². The summed E-state index contributed by atoms with van der Waals surface area (Å²) < 4.78 is 27.0. The second-order valence-electron chi connectivity index (χ2n) is 4.76. The van der Waals surface area contributed by atoms with E-state index < -0.39 is 10.0 Å². The summed E-state index contributed by atoms with van der Waals surface area (Å²) in [5, 5.41) is 8.60. The van der Waals surface area contributed by atoms with Crippen molar-refractivity contribution in [2.24, 2.45) is 0 Å². The molecule has 1 N–H and O–H groups in total. The Morgan fingerprint density at radius 1 is 1.24 bits per heavy atom. The normalized spacial score (nSPS) is 11.3. The molecule has 0 radical (unpaired) electrons. The molecule has 110 valence electrons. The Balaban J connectivity index is 2.09. The molecule has 6 heteroatoms. The van der Waals surface area contributed by atoms with E-state index in [0.29, 0.717) is 6.54 Å². The van der Waals surface area contributed by atoms with Crippen molar-refractivity contribution in [2.45, 2.75) is 31.7 Å². The molecule has 0 unspecified atom stereocenters. The molecule has 0 fully saturated rings. The molecule has 4 nitrogen and oxygen atoms in total. The highest BCUT2D eigenvalue weighted by Gasteiger charge is 2.14. The zero-order valence-corrected chi connectivity index (χ0v) is 13.5. The molecule has 0 amide bonds. The van der Waals surface area contributed by atoms with Crippen LogP contribution in [0.4, 0.5) is 0 Å². The monoisotopic (exact) mass is 320 g/mol. The Morgan fingerprint density at radius 2 is 1.90 bits per heavy atom. The number of hydrogen-bond donors (Lipinski definition) is 1. The number of nitriles is 1. The van der Waals surface area contributed by atoms with Crippen LogP contribution in [0, 0.1) is 25.2 Å². The maximum atomic E-state index is 12.2. The smallest absolute Gasteiger partial charge is 0.207 e. The van der Waals surface area contributed by atoms with Gasteiger partial charge in [0.05, 0.1) is 17.4 Å². The van der Waals surface area contributed by atoms with E-state index in [2.05, 4.69) is 4.72 Å². The number of sulfonamides is 1. The quantitative estimate of drug-likeness (QED) is 0.921. The molecule has 0 bridgehead atoms. The van der Waals surface area contributed by atoms with Gasteiger partial charge in [0.25, 0.3) is 0 Å². The summed E-state index contributed by atoms with van der Waals surface area (Å²) in [6, 6.07) is 10.4. The van der Waals surface area contributed by atoms with Gasteiger partial charge in [-0.15, -0.1) is 11.3 Å². The van der Waals surface area contributed by atoms with Crippen molar-refractivity contribution in [3.63, 3.8) is 0 Å². The third-order valence-corrected chi connectivity index (χ3v) is 5.74. The second kappa shape index (κ2) is 6.39. The minimum absolute atomic E-state index is 0.217. The third-order valence-electron chi connectivity index (χ3n) is 3.17. The van der Waals surface area contributed by atoms with Crippen molar-refractivity contribution in [1.29, 1.82) is 5.26 Å². The maximum absolute atomic E-state index is 12.2. The number of rotatable bonds is 5. The first-order chi connectivity index (χ1) is 9.92. The largest absolute Gasteiger partial charge is 0.240 e. The minimum atomic E-state index is -3.52. The Bertz CT molecular complexity index is 749. The van der Waals surface area contributed by atoms with Gasteiger partial charge in [-0.3, -0.25) is 0 Å². The lowest BCUT2D eigenvalue weighted by Gasteiger charge is -2.06. The van der Waals surface area contributed by atoms with Crippen LogP contribution in [-0.4, -0.2) is 8.42 Å². The van der Waals surface area contributed by atoms with E-state index in [1.165, 1.54) is 22.6 Å². The van der Waals surface area contributed by atoms with Crippen LogP contribution in [0.5, 0.6) is 0 Å². The van der Waals surface area contributed by atoms with Crippen LogP contribution in [0.2, 0.25) is 0 Å². The summed E-state index contributed by atoms with van der Waals surface area (Å²) in [6.07, 6.45) is 0.279. The van der Waals surface area contributed by atoms with E-state index in [9.17, 15) is 8.42 Å². The number of hydrogen-bond acceptors (Lipinski definition) is 4. The highest BCUT2D eigenvalue weighted by atomic mass is 32.2. The molecule has 1 aromatic carbocycles. The van der Waals surface area contributed by atoms with E-state index in [-0.39, 0.29) is 11.3 Å². The zero-order chi connectivity index (χ0) is 15.5. The lowest BCUT2D eigenvalue weighted by atomic mass is 10.2. The molecule has 0 saturated carbocycles. The number of nitrogens with one attached hydrogen (secondary N) is 1. The standard InChI is InChI=1S/C15H16N2O2S2/c1-11-9-14(20-12(11)2)10-17-21(18,19)15-5-3-13(4-6-15)7-8-16/h3-6,9,17H,7,10H2,1-2H3. The SMILES string of the molecule is Cc1cc(CNS(=O)(=O)c2ccc(CC#N)cc2)sc1C. The van der Waals surface area contributed by atoms with E-state index in [1.54, 1.807) is 23.5 Å². The van der Waals surface area contributed by atoms with Gasteiger partial charge in [0.2, 0.25) is 10.0 Å². The first-order valence-electron chi connectivity index (χ1n) is 6.44. The average molecular weight is 320 g/mol. The fourth-order valence-corrected chi connectivity index (χ4v) is 3.96. The summed E-state index contributed by atoms with van der Waals surface area (Å²) in [5.74, 6) is 0. The Hall–Kier alpha value is -1.68. The number of aryl methyl sites for hydroxylation is 2. The highest BCUT2D eigenvalue weighted by molar-refractivity contribution is 7.89. The number of benzene rings is 1. The van der Waals surface area contributed by atoms with E-state index in [1.807, 2.05) is 26.0 Å². The molecule has 2 aromatic rings. The zero-order valence-electron chi connectivity index (χ0n) is 11.9. The molecular formula is C15H16N2O2S2. The molecule has 2 rings (SSSR count). The van der Waals surface area contributed by atoms with Crippen LogP contribution in [-0.2, 0) is 23.0 Å². The Kier molecular flexibility index (Phi) is 4.78. The molecule has 1 aromatic heterocycles. The van der Waals surface area contributed by atoms with Crippen molar-refractivity contribution in [3.05, 3.63) is 51.2 Å². The van der Waals surface area contributed by atoms with E-state index >= 15 is 0 Å². The first kappa shape index (κ1) is 15.7. The molecule has 0 saturated heterocycles. The Morgan fingerprint density at radius 3 is 2.43 bits per heavy atom. The van der Waals surface area contributed by atoms with Crippen molar-refractivity contribution in [3.8, 4) is 6.07 Å². The van der Waals surface area contributed by atoms with Crippen LogP contribution in [0.1, 0.15) is 20.9 Å². The third kappa shape index (κ3) is 3.91. The van der Waals surface area contributed by atoms with Gasteiger partial charge in [-0.1, -0.05) is 12.1 Å². The van der Waals surface area contributed by atoms with Gasteiger partial charge in [0.15, 0.2) is 0 Å². The van der Waals surface area contributed by atoms with Crippen LogP contribution >= 0.6 is 11.3 Å². The first-order valence-corrected chi connectivity index (χ1v) is 8.74. The van der Waals surface area contributed by atoms with Crippen molar-refractivity contribution < 1.29 is 8.42 Å². The molecule has 0 spiro atoms. The molecule has 0 aliphatic carbocycles. The fourth-order valence-electron chi connectivity index (χ4n) is 1.86. The maximum Gasteiger partial charge on any atom is 0.240 e. The van der Waals surface area contributed by atoms with Gasteiger partial charge < -0.3 is 0 Å². The van der Waals surface area contributed by atoms with E-state index in [4.69, 9.17) is 5.26 Å². The van der Waals surface area contributed by atoms with Gasteiger partial charge in [0, 0.05) is 16.3 Å². The second-order valence-corrected chi connectivity index (χ2v) is 7.86. The summed E-state index contributed by atoms with van der Waals surface area (Å²) >= 11 is 1.60. The molecule has 0 aliphatic rings. The Labute approximate surface area is 129 Å². The van der Waals surface area contributed by atoms with E-state index in [0.717, 1.165) is 10.4 Å². The number of nitrogens with zero attached hydrogens (tertiary/aromatic N) is 1. The average Bonchev–Trinajstić information content (AvgIpc) is 2.77. The predicted molar refractivity (Wildman–Crippen MR) is 83.6 cm³/mol. The summed E-state index contributed by atoms with van der Waals surface area (Å²) in [7, 11) is -3.52. The van der Waals surface area contributed by atoms with Crippen molar-refractivity contribution in [2.75, 3.05) is 0 Å². The van der Waals surface area contributed by atoms with Crippen LogP contribution in [0.15, 0.2) is 35.2 Å².